The number of aromatic nitrogens is 4. The molecule has 4 heteroatoms. The molecule has 2 aromatic heterocycles. The van der Waals surface area contributed by atoms with Gasteiger partial charge in [0.25, 0.3) is 0 Å². The Balaban J connectivity index is 1.19. The topological polar surface area (TPSA) is 43.6 Å². The zero-order chi connectivity index (χ0) is 44.3. The lowest BCUT2D eigenvalue weighted by atomic mass is 9.78. The van der Waals surface area contributed by atoms with Crippen molar-refractivity contribution in [1.29, 1.82) is 0 Å². The van der Waals surface area contributed by atoms with Crippen LogP contribution in [0.2, 0.25) is 0 Å². The zero-order valence-electron chi connectivity index (χ0n) is 36.7. The molecule has 0 fully saturated rings. The molecule has 66 heavy (non-hydrogen) atoms. The third-order valence-corrected chi connectivity index (χ3v) is 14.1. The van der Waals surface area contributed by atoms with Gasteiger partial charge in [-0.25, -0.2) is 4.98 Å². The van der Waals surface area contributed by atoms with E-state index in [4.69, 9.17) is 15.0 Å². The summed E-state index contributed by atoms with van der Waals surface area (Å²) in [6.45, 7) is 13.5. The van der Waals surface area contributed by atoms with Gasteiger partial charge in [-0.2, -0.15) is 9.97 Å². The zero-order valence-corrected chi connectivity index (χ0v) is 36.7. The molecule has 0 unspecified atom stereocenters. The van der Waals surface area contributed by atoms with Crippen molar-refractivity contribution in [3.8, 4) is 51.0 Å². The number of benzene rings is 10. The summed E-state index contributed by atoms with van der Waals surface area (Å²) in [7, 11) is 0. The summed E-state index contributed by atoms with van der Waals surface area (Å²) in [5, 5.41) is 11.4. The van der Waals surface area contributed by atoms with Gasteiger partial charge in [-0.3, -0.25) is 4.57 Å². The summed E-state index contributed by atoms with van der Waals surface area (Å²) < 4.78 is 2.32. The summed E-state index contributed by atoms with van der Waals surface area (Å²) in [6.07, 6.45) is 3.96. The molecule has 0 spiro atoms. The fourth-order valence-electron chi connectivity index (χ4n) is 11.2. The smallest absolute Gasteiger partial charge is 0.238 e. The molecule has 0 amide bonds. The maximum Gasteiger partial charge on any atom is 0.238 e. The summed E-state index contributed by atoms with van der Waals surface area (Å²) in [6, 6.07) is 65.4. The molecule has 0 radical (unpaired) electrons. The molecule has 0 N–H and O–H groups in total. The van der Waals surface area contributed by atoms with E-state index in [9.17, 15) is 0 Å². The summed E-state index contributed by atoms with van der Waals surface area (Å²) in [4.78, 5) is 16.4. The highest BCUT2D eigenvalue weighted by molar-refractivity contribution is 6.25. The Morgan fingerprint density at radius 3 is 1.64 bits per heavy atom. The predicted octanol–water partition coefficient (Wildman–Crippen LogP) is 16.2. The van der Waals surface area contributed by atoms with E-state index in [1.54, 1.807) is 0 Å². The lowest BCUT2D eigenvalue weighted by Crippen LogP contribution is -2.16. The van der Waals surface area contributed by atoms with E-state index < -0.39 is 0 Å². The Morgan fingerprint density at radius 2 is 0.970 bits per heavy atom. The number of fused-ring (bicyclic) bond motifs is 12. The van der Waals surface area contributed by atoms with Gasteiger partial charge in [0.2, 0.25) is 5.95 Å². The van der Waals surface area contributed by atoms with Crippen LogP contribution in [0, 0.1) is 0 Å². The van der Waals surface area contributed by atoms with Crippen molar-refractivity contribution in [2.24, 2.45) is 0 Å². The van der Waals surface area contributed by atoms with Gasteiger partial charge in [-0.1, -0.05) is 209 Å². The van der Waals surface area contributed by atoms with Gasteiger partial charge in [-0.05, 0) is 88.8 Å². The largest absolute Gasteiger partial charge is 0.277 e. The molecule has 0 saturated heterocycles. The van der Waals surface area contributed by atoms with E-state index in [1.807, 2.05) is 12.2 Å². The molecule has 2 heterocycles. The van der Waals surface area contributed by atoms with Gasteiger partial charge >= 0.3 is 0 Å². The van der Waals surface area contributed by atoms with Crippen LogP contribution in [0.5, 0.6) is 0 Å². The molecule has 0 bridgehead atoms. The Morgan fingerprint density at radius 1 is 0.439 bits per heavy atom. The highest BCUT2D eigenvalue weighted by atomic mass is 15.2. The van der Waals surface area contributed by atoms with Crippen LogP contribution in [-0.2, 0) is 5.41 Å². The molecule has 1 aliphatic carbocycles. The summed E-state index contributed by atoms with van der Waals surface area (Å²) in [5.74, 6) is 1.74. The van der Waals surface area contributed by atoms with Gasteiger partial charge in [0.05, 0.1) is 11.0 Å². The summed E-state index contributed by atoms with van der Waals surface area (Å²) >= 11 is 0. The molecule has 4 nitrogen and oxygen atoms in total. The monoisotopic (exact) mass is 842 g/mol. The number of hydrogen-bond donors (Lipinski definition) is 0. The van der Waals surface area contributed by atoms with Crippen molar-refractivity contribution >= 4 is 77.0 Å². The maximum atomic E-state index is 5.54. The minimum absolute atomic E-state index is 0.293. The van der Waals surface area contributed by atoms with Crippen molar-refractivity contribution in [1.82, 2.24) is 19.5 Å². The van der Waals surface area contributed by atoms with Crippen LogP contribution in [0.15, 0.2) is 195 Å². The molecule has 0 atom stereocenters. The van der Waals surface area contributed by atoms with Crippen LogP contribution in [0.25, 0.3) is 128 Å². The van der Waals surface area contributed by atoms with Gasteiger partial charge in [0.1, 0.15) is 0 Å². The number of hydrogen-bond acceptors (Lipinski definition) is 3. The number of para-hydroxylation sites is 1. The van der Waals surface area contributed by atoms with Gasteiger partial charge in [0, 0.05) is 38.3 Å². The molecule has 0 aliphatic heterocycles. The third-order valence-electron chi connectivity index (χ3n) is 14.1. The second kappa shape index (κ2) is 14.3. The molecule has 0 saturated carbocycles. The molecule has 10 aromatic carbocycles. The van der Waals surface area contributed by atoms with Crippen LogP contribution in [0.4, 0.5) is 0 Å². The van der Waals surface area contributed by atoms with E-state index in [1.165, 1.54) is 38.6 Å². The average Bonchev–Trinajstić information content (AvgIpc) is 3.84. The van der Waals surface area contributed by atoms with Crippen LogP contribution in [-0.4, -0.2) is 19.5 Å². The molecular formula is C62H42N4. The summed E-state index contributed by atoms with van der Waals surface area (Å²) in [5.41, 5.74) is 13.2. The normalized spacial score (nSPS) is 12.9. The number of nitrogens with zero attached hydrogens (tertiary/aromatic N) is 4. The standard InChI is InChI=1S/C62H42N4/c1-5-44-45(6-2)55-52-28-16-26-50(48-25-15-27-51-54-46-22-12-11-19-39(46)33-34-53(54)62(3,4)56(48)51)57(52)66(58(55)49-24-14-13-23-47(44)49)61-64-59(42-31-29-37-17-7-9-20-40(37)35-42)63-60(65-61)43-32-30-38-18-8-10-21-41(38)36-43/h5-36H,1-2H2,3-4H3. The van der Waals surface area contributed by atoms with Crippen LogP contribution >= 0.6 is 0 Å². The maximum absolute atomic E-state index is 5.54. The minimum atomic E-state index is -0.293. The quantitative estimate of drug-likeness (QED) is 0.167. The van der Waals surface area contributed by atoms with Gasteiger partial charge in [0.15, 0.2) is 11.6 Å². The SMILES string of the molecule is C=Cc1c(C=C)c2c3cccc(-c4cccc5c4C(C)(C)c4ccc6ccccc6c4-5)c3n(-c3nc(-c4ccc5ccccc5c4)nc(-c4ccc5ccccc5c4)n3)c2c2ccccc12. The van der Waals surface area contributed by atoms with Crippen LogP contribution in [0.3, 0.4) is 0 Å². The average molecular weight is 843 g/mol. The van der Waals surface area contributed by atoms with Crippen molar-refractivity contribution in [3.63, 3.8) is 0 Å². The first-order valence-electron chi connectivity index (χ1n) is 22.6. The first-order chi connectivity index (χ1) is 32.4. The fourth-order valence-corrected chi connectivity index (χ4v) is 11.2. The molecule has 1 aliphatic rings. The van der Waals surface area contributed by atoms with E-state index in [0.717, 1.165) is 81.9 Å². The lowest BCUT2D eigenvalue weighted by Gasteiger charge is -2.25. The fraction of sp³-hybridized carbons (Fsp3) is 0.0484. The first kappa shape index (κ1) is 38.0. The van der Waals surface area contributed by atoms with Crippen molar-refractivity contribution < 1.29 is 0 Å². The lowest BCUT2D eigenvalue weighted by molar-refractivity contribution is 0.662. The molecule has 12 aromatic rings. The highest BCUT2D eigenvalue weighted by Crippen LogP contribution is 2.55. The Labute approximate surface area is 382 Å². The van der Waals surface area contributed by atoms with Crippen LogP contribution < -0.4 is 0 Å². The van der Waals surface area contributed by atoms with Gasteiger partial charge < -0.3 is 0 Å². The molecule has 13 rings (SSSR count). The third kappa shape index (κ3) is 5.42. The number of rotatable bonds is 6. The van der Waals surface area contributed by atoms with E-state index in [2.05, 4.69) is 214 Å². The molecular weight excluding hydrogens is 801 g/mol. The Bertz CT molecular complexity index is 3980. The van der Waals surface area contributed by atoms with Crippen LogP contribution in [0.1, 0.15) is 36.1 Å². The van der Waals surface area contributed by atoms with Crippen molar-refractivity contribution in [2.75, 3.05) is 0 Å². The van der Waals surface area contributed by atoms with Gasteiger partial charge in [-0.15, -0.1) is 0 Å². The second-order valence-electron chi connectivity index (χ2n) is 18.0. The van der Waals surface area contributed by atoms with E-state index in [0.29, 0.717) is 17.6 Å². The Kier molecular flexibility index (Phi) is 8.22. The second-order valence-corrected chi connectivity index (χ2v) is 18.0. The minimum Gasteiger partial charge on any atom is -0.277 e. The van der Waals surface area contributed by atoms with E-state index in [-0.39, 0.29) is 5.41 Å². The predicted molar refractivity (Wildman–Crippen MR) is 278 cm³/mol. The molecule has 310 valence electrons. The van der Waals surface area contributed by atoms with E-state index >= 15 is 0 Å². The Hall–Kier alpha value is -8.47. The van der Waals surface area contributed by atoms with Crippen molar-refractivity contribution in [2.45, 2.75) is 19.3 Å². The highest BCUT2D eigenvalue weighted by Gasteiger charge is 2.39. The first-order valence-corrected chi connectivity index (χ1v) is 22.6. The van der Waals surface area contributed by atoms with Crippen molar-refractivity contribution in [3.05, 3.63) is 217 Å².